The molecule has 2 aromatic carbocycles. The quantitative estimate of drug-likeness (QED) is 0.201. The Kier molecular flexibility index (Phi) is 14.2. The fraction of sp³-hybridized carbons (Fsp3) is 0.500. The zero-order valence-electron chi connectivity index (χ0n) is 25.7. The van der Waals surface area contributed by atoms with E-state index in [-0.39, 0.29) is 18.0 Å². The summed E-state index contributed by atoms with van der Waals surface area (Å²) in [6.45, 7) is 12.1. The molecule has 10 heteroatoms. The average Bonchev–Trinajstić information content (AvgIpc) is 2.96. The minimum atomic E-state index is -3.62. The summed E-state index contributed by atoms with van der Waals surface area (Å²) in [6, 6.07) is 13.6. The van der Waals surface area contributed by atoms with Gasteiger partial charge in [-0.3, -0.25) is 9.59 Å². The van der Waals surface area contributed by atoms with Crippen LogP contribution in [-0.2, 0) is 16.4 Å². The lowest BCUT2D eigenvalue weighted by molar-refractivity contribution is 0.0634. The van der Waals surface area contributed by atoms with Crippen LogP contribution in [-0.4, -0.2) is 78.8 Å². The number of carbonyl (C=O) groups excluding carboxylic acids is 2. The molecule has 0 fully saturated rings. The summed E-state index contributed by atoms with van der Waals surface area (Å²) in [5.41, 5.74) is 2.07. The van der Waals surface area contributed by atoms with Crippen LogP contribution in [0.25, 0.3) is 0 Å². The summed E-state index contributed by atoms with van der Waals surface area (Å²) < 4.78 is 24.9. The SMILES string of the molecule is CC#Cc1cc(C(=O)NC(Cc2ccccc2)C(O)CN(CC)NS(=O)(=O)C(C)C)cc(C(=O)N(CCC)CCC)c1. The lowest BCUT2D eigenvalue weighted by Crippen LogP contribution is -2.54. The van der Waals surface area contributed by atoms with Gasteiger partial charge in [-0.25, -0.2) is 13.4 Å². The van der Waals surface area contributed by atoms with Crippen LogP contribution in [0.15, 0.2) is 48.5 Å². The third-order valence-electron chi connectivity index (χ3n) is 6.73. The second-order valence-corrected chi connectivity index (χ2v) is 12.7. The molecular weight excluding hydrogens is 552 g/mol. The van der Waals surface area contributed by atoms with Crippen molar-refractivity contribution in [2.24, 2.45) is 0 Å². The van der Waals surface area contributed by atoms with Crippen LogP contribution in [0.3, 0.4) is 0 Å². The summed E-state index contributed by atoms with van der Waals surface area (Å²) in [5.74, 6) is 5.17. The number of aliphatic hydroxyl groups is 1. The number of benzene rings is 2. The zero-order chi connectivity index (χ0) is 31.3. The van der Waals surface area contributed by atoms with E-state index in [1.807, 2.05) is 44.2 Å². The normalized spacial score (nSPS) is 12.9. The maximum absolute atomic E-state index is 13.7. The van der Waals surface area contributed by atoms with E-state index < -0.39 is 33.3 Å². The molecule has 3 N–H and O–H groups in total. The Hall–Kier alpha value is -3.23. The van der Waals surface area contributed by atoms with Gasteiger partial charge in [0.1, 0.15) is 0 Å². The van der Waals surface area contributed by atoms with Gasteiger partial charge in [-0.1, -0.05) is 57.0 Å². The second kappa shape index (κ2) is 17.0. The number of nitrogens with one attached hydrogen (secondary N) is 2. The predicted octanol–water partition coefficient (Wildman–Crippen LogP) is 3.59. The van der Waals surface area contributed by atoms with E-state index in [1.54, 1.807) is 50.8 Å². The van der Waals surface area contributed by atoms with Crippen LogP contribution in [0, 0.1) is 11.8 Å². The van der Waals surface area contributed by atoms with Gasteiger partial charge >= 0.3 is 0 Å². The molecule has 0 heterocycles. The summed E-state index contributed by atoms with van der Waals surface area (Å²) in [5, 5.41) is 15.0. The van der Waals surface area contributed by atoms with E-state index in [9.17, 15) is 23.1 Å². The maximum Gasteiger partial charge on any atom is 0.253 e. The molecule has 9 nitrogen and oxygen atoms in total. The molecule has 2 aromatic rings. The Morgan fingerprint density at radius 2 is 1.60 bits per heavy atom. The van der Waals surface area contributed by atoms with E-state index in [0.29, 0.717) is 37.2 Å². The minimum Gasteiger partial charge on any atom is -0.390 e. The Balaban J connectivity index is 2.41. The highest BCUT2D eigenvalue weighted by Gasteiger charge is 2.27. The number of hydrazine groups is 1. The standard InChI is InChI=1S/C32H46N4O5S/c1-7-14-26-19-27(22-28(20-26)32(39)35(17-8-2)18-9-3)31(38)33-29(21-25-15-12-11-13-16-25)30(37)23-36(10-4)34-42(40,41)24(5)6/h11-13,15-16,19-20,22,24,29-30,34,37H,8-10,17-18,21,23H2,1-6H3,(H,33,38). The van der Waals surface area contributed by atoms with E-state index in [2.05, 4.69) is 22.0 Å². The molecule has 0 spiro atoms. The molecule has 0 aliphatic carbocycles. The molecule has 0 aliphatic heterocycles. The average molecular weight is 599 g/mol. The molecule has 0 saturated heterocycles. The Labute approximate surface area is 251 Å². The van der Waals surface area contributed by atoms with Crippen LogP contribution in [0.4, 0.5) is 0 Å². The van der Waals surface area contributed by atoms with Gasteiger partial charge in [0.2, 0.25) is 10.0 Å². The number of carbonyl (C=O) groups is 2. The Bertz CT molecular complexity index is 1330. The van der Waals surface area contributed by atoms with Crippen LogP contribution in [0.5, 0.6) is 0 Å². The van der Waals surface area contributed by atoms with Crippen molar-refractivity contribution in [3.63, 3.8) is 0 Å². The van der Waals surface area contributed by atoms with Crippen molar-refractivity contribution < 1.29 is 23.1 Å². The number of hydrogen-bond acceptors (Lipinski definition) is 6. The molecule has 2 unspecified atom stereocenters. The van der Waals surface area contributed by atoms with Gasteiger partial charge in [0.15, 0.2) is 0 Å². The molecule has 230 valence electrons. The van der Waals surface area contributed by atoms with Crippen molar-refractivity contribution in [3.05, 3.63) is 70.8 Å². The second-order valence-electron chi connectivity index (χ2n) is 10.5. The summed E-state index contributed by atoms with van der Waals surface area (Å²) >= 11 is 0. The van der Waals surface area contributed by atoms with Gasteiger partial charge in [0.25, 0.3) is 11.8 Å². The van der Waals surface area contributed by atoms with E-state index in [0.717, 1.165) is 18.4 Å². The van der Waals surface area contributed by atoms with Crippen LogP contribution in [0.1, 0.15) is 86.2 Å². The monoisotopic (exact) mass is 598 g/mol. The van der Waals surface area contributed by atoms with Crippen LogP contribution >= 0.6 is 0 Å². The number of nitrogens with zero attached hydrogens (tertiary/aromatic N) is 2. The lowest BCUT2D eigenvalue weighted by Gasteiger charge is -2.30. The van der Waals surface area contributed by atoms with Crippen LogP contribution < -0.4 is 10.1 Å². The molecule has 0 radical (unpaired) electrons. The van der Waals surface area contributed by atoms with E-state index >= 15 is 0 Å². The Morgan fingerprint density at radius 3 is 2.14 bits per heavy atom. The van der Waals surface area contributed by atoms with Crippen molar-refractivity contribution in [1.29, 1.82) is 0 Å². The maximum atomic E-state index is 13.7. The number of amides is 2. The van der Waals surface area contributed by atoms with Crippen molar-refractivity contribution in [3.8, 4) is 11.8 Å². The molecule has 0 bridgehead atoms. The highest BCUT2D eigenvalue weighted by atomic mass is 32.2. The van der Waals surface area contributed by atoms with Crippen molar-refractivity contribution >= 4 is 21.8 Å². The summed E-state index contributed by atoms with van der Waals surface area (Å²) in [6.07, 6.45) is 0.820. The fourth-order valence-electron chi connectivity index (χ4n) is 4.41. The molecule has 0 saturated carbocycles. The predicted molar refractivity (Wildman–Crippen MR) is 167 cm³/mol. The largest absolute Gasteiger partial charge is 0.390 e. The first-order chi connectivity index (χ1) is 19.9. The van der Waals surface area contributed by atoms with Crippen molar-refractivity contribution in [2.75, 3.05) is 26.2 Å². The van der Waals surface area contributed by atoms with Gasteiger partial charge in [-0.05, 0) is 63.8 Å². The topological polar surface area (TPSA) is 119 Å². The molecule has 42 heavy (non-hydrogen) atoms. The molecule has 2 atom stereocenters. The number of likely N-dealkylation sites (N-methyl/N-ethyl adjacent to an activating group) is 1. The van der Waals surface area contributed by atoms with Gasteiger partial charge in [0.05, 0.1) is 17.4 Å². The lowest BCUT2D eigenvalue weighted by atomic mass is 9.99. The highest BCUT2D eigenvalue weighted by molar-refractivity contribution is 7.90. The number of rotatable bonds is 16. The first-order valence-corrected chi connectivity index (χ1v) is 16.2. The van der Waals surface area contributed by atoms with Crippen molar-refractivity contribution in [2.45, 2.75) is 78.2 Å². The zero-order valence-corrected chi connectivity index (χ0v) is 26.5. The minimum absolute atomic E-state index is 0.0473. The smallest absolute Gasteiger partial charge is 0.253 e. The van der Waals surface area contributed by atoms with Crippen molar-refractivity contribution in [1.82, 2.24) is 20.1 Å². The molecular formula is C32H46N4O5S. The van der Waals surface area contributed by atoms with E-state index in [1.165, 1.54) is 5.01 Å². The van der Waals surface area contributed by atoms with Gasteiger partial charge in [0, 0.05) is 42.9 Å². The summed E-state index contributed by atoms with van der Waals surface area (Å²) in [7, 11) is -3.62. The number of hydrogen-bond donors (Lipinski definition) is 3. The first-order valence-electron chi connectivity index (χ1n) is 14.6. The third kappa shape index (κ3) is 10.6. The summed E-state index contributed by atoms with van der Waals surface area (Å²) in [4.78, 5) is 31.3. The van der Waals surface area contributed by atoms with Crippen LogP contribution in [0.2, 0.25) is 0 Å². The molecule has 2 rings (SSSR count). The first kappa shape index (κ1) is 35.0. The highest BCUT2D eigenvalue weighted by Crippen LogP contribution is 2.16. The molecule has 0 aromatic heterocycles. The number of aliphatic hydroxyl groups excluding tert-OH is 1. The fourth-order valence-corrected chi connectivity index (χ4v) is 5.18. The van der Waals surface area contributed by atoms with E-state index in [4.69, 9.17) is 0 Å². The number of sulfonamides is 1. The van der Waals surface area contributed by atoms with Gasteiger partial charge in [-0.2, -0.15) is 0 Å². The molecule has 2 amide bonds. The molecule has 0 aliphatic rings. The van der Waals surface area contributed by atoms with Gasteiger partial charge in [-0.15, -0.1) is 10.8 Å². The Morgan fingerprint density at radius 1 is 0.976 bits per heavy atom. The van der Waals surface area contributed by atoms with Gasteiger partial charge < -0.3 is 15.3 Å². The third-order valence-corrected chi connectivity index (χ3v) is 8.49.